The number of thiophene rings is 1. The predicted octanol–water partition coefficient (Wildman–Crippen LogP) is 14.5. The number of benzene rings is 7. The number of fused-ring (bicyclic) bond motifs is 12. The van der Waals surface area contributed by atoms with Crippen molar-refractivity contribution >= 4 is 82.9 Å². The molecule has 0 amide bonds. The average Bonchev–Trinajstić information content (AvgIpc) is 3.82. The van der Waals surface area contributed by atoms with Crippen LogP contribution in [0.1, 0.15) is 104 Å². The van der Waals surface area contributed by atoms with E-state index < -0.39 is 0 Å². The van der Waals surface area contributed by atoms with E-state index in [2.05, 4.69) is 207 Å². The Hall–Kier alpha value is -5.58. The first-order valence-corrected chi connectivity index (χ1v) is 23.0. The SMILES string of the molecule is CC(C)(C)c1ccc(Nc2ccc(C(C)(C)C)cc2-c2c3c(c4c5cc(C(C)(C)C)ccc5n5c4c2Bc2cc4c(cc2-5)sc2ccccc24)C(C)(C)c2ccccc2-3)cc1. The fraction of sp³-hybridized carbons (Fsp3) is 0.263. The molecule has 3 heterocycles. The van der Waals surface area contributed by atoms with E-state index in [-0.39, 0.29) is 21.7 Å². The Balaban J connectivity index is 1.31. The van der Waals surface area contributed by atoms with Gasteiger partial charge >= 0.3 is 0 Å². The molecule has 0 atom stereocenters. The molecule has 4 heteroatoms. The molecule has 61 heavy (non-hydrogen) atoms. The quantitative estimate of drug-likeness (QED) is 0.176. The smallest absolute Gasteiger partial charge is 0.198 e. The summed E-state index contributed by atoms with van der Waals surface area (Å²) in [6.07, 6.45) is 0. The first-order chi connectivity index (χ1) is 28.9. The summed E-state index contributed by atoms with van der Waals surface area (Å²) < 4.78 is 5.36. The molecule has 1 aliphatic carbocycles. The van der Waals surface area contributed by atoms with Gasteiger partial charge in [-0.15, -0.1) is 11.3 Å². The van der Waals surface area contributed by atoms with Crippen LogP contribution in [0.5, 0.6) is 0 Å². The van der Waals surface area contributed by atoms with Gasteiger partial charge in [-0.1, -0.05) is 154 Å². The standard InChI is InChI=1S/C57H55BN2S/c1-54(2,3)32-20-24-35(25-21-32)59-43-26-22-33(55(4,5)6)28-39(43)49-48-37-17-12-14-18-41(37)57(10,11)51(48)50-40-29-34(56(7,8)9)23-27-44(40)60-45-31-47-38(30-42(45)58-52(49)53(50)60)36-16-13-15-19-46(36)61-47/h12-31,58-59H,1-11H3. The molecule has 0 unspecified atom stereocenters. The van der Waals surface area contributed by atoms with Crippen LogP contribution in [0.2, 0.25) is 0 Å². The summed E-state index contributed by atoms with van der Waals surface area (Å²) in [5.74, 6) is 0. The third kappa shape index (κ3) is 5.67. The van der Waals surface area contributed by atoms with Crippen molar-refractivity contribution in [2.75, 3.05) is 5.32 Å². The second kappa shape index (κ2) is 12.7. The molecule has 0 bridgehead atoms. The van der Waals surface area contributed by atoms with Gasteiger partial charge in [0, 0.05) is 59.1 Å². The van der Waals surface area contributed by atoms with Gasteiger partial charge < -0.3 is 9.88 Å². The van der Waals surface area contributed by atoms with E-state index >= 15 is 0 Å². The summed E-state index contributed by atoms with van der Waals surface area (Å²) in [7, 11) is 0.846. The van der Waals surface area contributed by atoms with Crippen molar-refractivity contribution in [1.29, 1.82) is 0 Å². The minimum Gasteiger partial charge on any atom is -0.355 e. The summed E-state index contributed by atoms with van der Waals surface area (Å²) in [4.78, 5) is 0. The van der Waals surface area contributed by atoms with Gasteiger partial charge in [0.25, 0.3) is 0 Å². The first kappa shape index (κ1) is 38.4. The Kier molecular flexibility index (Phi) is 8.01. The van der Waals surface area contributed by atoms with Gasteiger partial charge in [0.05, 0.1) is 5.52 Å². The van der Waals surface area contributed by atoms with E-state index in [9.17, 15) is 0 Å². The van der Waals surface area contributed by atoms with Crippen LogP contribution in [0.3, 0.4) is 0 Å². The van der Waals surface area contributed by atoms with Gasteiger partial charge in [-0.25, -0.2) is 0 Å². The van der Waals surface area contributed by atoms with Crippen LogP contribution < -0.4 is 16.2 Å². The lowest BCUT2D eigenvalue weighted by Gasteiger charge is -2.29. The zero-order valence-electron chi connectivity index (χ0n) is 37.6. The topological polar surface area (TPSA) is 17.0 Å². The zero-order valence-corrected chi connectivity index (χ0v) is 38.4. The van der Waals surface area contributed by atoms with E-state index in [1.807, 2.05) is 11.3 Å². The molecule has 0 radical (unpaired) electrons. The van der Waals surface area contributed by atoms with Crippen molar-refractivity contribution in [3.8, 4) is 27.9 Å². The first-order valence-electron chi connectivity index (χ1n) is 22.1. The fourth-order valence-corrected chi connectivity index (χ4v) is 11.8. The van der Waals surface area contributed by atoms with Gasteiger partial charge in [0.2, 0.25) is 0 Å². The molecule has 0 saturated carbocycles. The van der Waals surface area contributed by atoms with Crippen LogP contribution in [0.25, 0.3) is 69.9 Å². The van der Waals surface area contributed by atoms with E-state index in [4.69, 9.17) is 0 Å². The van der Waals surface area contributed by atoms with Gasteiger partial charge in [-0.05, 0) is 120 Å². The minimum absolute atomic E-state index is 0.00735. The number of hydrogen-bond acceptors (Lipinski definition) is 2. The highest BCUT2D eigenvalue weighted by Gasteiger charge is 2.43. The van der Waals surface area contributed by atoms with Gasteiger partial charge in [-0.3, -0.25) is 0 Å². The van der Waals surface area contributed by atoms with Crippen LogP contribution in [-0.2, 0) is 21.7 Å². The molecule has 7 aromatic carbocycles. The normalized spacial score (nSPS) is 14.4. The molecule has 0 fully saturated rings. The number of nitrogens with one attached hydrogen (secondary N) is 1. The van der Waals surface area contributed by atoms with Crippen LogP contribution in [0, 0.1) is 0 Å². The van der Waals surface area contributed by atoms with Crippen molar-refractivity contribution in [3.63, 3.8) is 0 Å². The van der Waals surface area contributed by atoms with Gasteiger partial charge in [0.15, 0.2) is 7.28 Å². The van der Waals surface area contributed by atoms with E-state index in [1.165, 1.54) is 109 Å². The van der Waals surface area contributed by atoms with Crippen molar-refractivity contribution in [2.24, 2.45) is 0 Å². The van der Waals surface area contributed by atoms with E-state index in [0.717, 1.165) is 18.7 Å². The van der Waals surface area contributed by atoms with Crippen LogP contribution >= 0.6 is 11.3 Å². The Morgan fingerprint density at radius 2 is 1.23 bits per heavy atom. The lowest BCUT2D eigenvalue weighted by Crippen LogP contribution is -2.38. The maximum absolute atomic E-state index is 4.00. The summed E-state index contributed by atoms with van der Waals surface area (Å²) in [5, 5.41) is 9.48. The van der Waals surface area contributed by atoms with E-state index in [0.29, 0.717) is 0 Å². The van der Waals surface area contributed by atoms with Crippen molar-refractivity contribution in [2.45, 2.75) is 97.8 Å². The molecule has 1 aliphatic heterocycles. The lowest BCUT2D eigenvalue weighted by atomic mass is 9.57. The largest absolute Gasteiger partial charge is 0.355 e. The van der Waals surface area contributed by atoms with Crippen LogP contribution in [0.4, 0.5) is 11.4 Å². The molecular formula is C57H55BN2S. The summed E-state index contributed by atoms with van der Waals surface area (Å²) in [6.45, 7) is 25.9. The highest BCUT2D eigenvalue weighted by molar-refractivity contribution is 7.25. The second-order valence-corrected chi connectivity index (χ2v) is 22.6. The molecule has 2 nitrogen and oxygen atoms in total. The summed E-state index contributed by atoms with van der Waals surface area (Å²) >= 11 is 1.92. The van der Waals surface area contributed by atoms with Crippen LogP contribution in [0.15, 0.2) is 121 Å². The summed E-state index contributed by atoms with van der Waals surface area (Å²) in [6, 6.07) is 46.9. The molecular weight excluding hydrogens is 756 g/mol. The third-order valence-electron chi connectivity index (χ3n) is 14.0. The third-order valence-corrected chi connectivity index (χ3v) is 15.2. The monoisotopic (exact) mass is 810 g/mol. The highest BCUT2D eigenvalue weighted by Crippen LogP contribution is 2.57. The molecule has 9 aromatic rings. The molecule has 11 rings (SSSR count). The number of aromatic nitrogens is 1. The number of hydrogen-bond donors (Lipinski definition) is 1. The number of nitrogens with zero attached hydrogens (tertiary/aromatic N) is 1. The fourth-order valence-electron chi connectivity index (χ4n) is 10.7. The van der Waals surface area contributed by atoms with Crippen molar-refractivity contribution in [1.82, 2.24) is 4.57 Å². The van der Waals surface area contributed by atoms with Crippen LogP contribution in [-0.4, -0.2) is 11.8 Å². The summed E-state index contributed by atoms with van der Waals surface area (Å²) in [5.41, 5.74) is 21.1. The molecule has 0 spiro atoms. The second-order valence-electron chi connectivity index (χ2n) is 21.5. The number of rotatable bonds is 3. The highest BCUT2D eigenvalue weighted by atomic mass is 32.1. The molecule has 2 aliphatic rings. The van der Waals surface area contributed by atoms with Crippen molar-refractivity contribution in [3.05, 3.63) is 149 Å². The van der Waals surface area contributed by atoms with Gasteiger partial charge in [0.1, 0.15) is 0 Å². The molecule has 1 N–H and O–H groups in total. The molecule has 302 valence electrons. The molecule has 2 aromatic heterocycles. The van der Waals surface area contributed by atoms with E-state index in [1.54, 1.807) is 0 Å². The Bertz CT molecular complexity index is 3320. The predicted molar refractivity (Wildman–Crippen MR) is 269 cm³/mol. The average molecular weight is 811 g/mol. The number of anilines is 2. The lowest BCUT2D eigenvalue weighted by molar-refractivity contribution is 0.590. The Labute approximate surface area is 365 Å². The maximum Gasteiger partial charge on any atom is 0.198 e. The zero-order chi connectivity index (χ0) is 42.5. The Morgan fingerprint density at radius 1 is 0.574 bits per heavy atom. The molecule has 0 saturated heterocycles. The maximum atomic E-state index is 4.00. The Morgan fingerprint density at radius 3 is 1.97 bits per heavy atom. The van der Waals surface area contributed by atoms with Gasteiger partial charge in [-0.2, -0.15) is 0 Å². The van der Waals surface area contributed by atoms with Crippen molar-refractivity contribution < 1.29 is 0 Å². The minimum atomic E-state index is -0.232.